The maximum Gasteiger partial charge on any atom is 0.289 e. The number of furan rings is 1. The molecule has 1 saturated heterocycles. The Bertz CT molecular complexity index is 1120. The van der Waals surface area contributed by atoms with Gasteiger partial charge in [-0.05, 0) is 61.2 Å². The number of nitrogens with zero attached hydrogens (tertiary/aromatic N) is 1. The second-order valence-corrected chi connectivity index (χ2v) is 7.92. The van der Waals surface area contributed by atoms with Crippen LogP contribution in [-0.2, 0) is 0 Å². The van der Waals surface area contributed by atoms with Crippen LogP contribution in [0, 0.1) is 6.92 Å². The first-order chi connectivity index (χ1) is 13.5. The Kier molecular flexibility index (Phi) is 5.31. The maximum atomic E-state index is 11.9. The van der Waals surface area contributed by atoms with Crippen LogP contribution >= 0.6 is 35.0 Å². The van der Waals surface area contributed by atoms with Gasteiger partial charge >= 0.3 is 0 Å². The molecule has 2 aromatic carbocycles. The lowest BCUT2D eigenvalue weighted by atomic mass is 10.2. The summed E-state index contributed by atoms with van der Waals surface area (Å²) in [6, 6.07) is 16.8. The molecule has 4 nitrogen and oxygen atoms in total. The van der Waals surface area contributed by atoms with Crippen molar-refractivity contribution < 1.29 is 9.21 Å². The predicted molar refractivity (Wildman–Crippen MR) is 117 cm³/mol. The zero-order valence-corrected chi connectivity index (χ0v) is 17.0. The molecule has 140 valence electrons. The van der Waals surface area contributed by atoms with Crippen LogP contribution < -0.4 is 5.32 Å². The van der Waals surface area contributed by atoms with Gasteiger partial charge in [0.05, 0.1) is 20.6 Å². The molecule has 1 N–H and O–H groups in total. The molecule has 28 heavy (non-hydrogen) atoms. The molecular weight excluding hydrogens is 415 g/mol. The van der Waals surface area contributed by atoms with Gasteiger partial charge in [0.1, 0.15) is 17.4 Å². The maximum absolute atomic E-state index is 11.9. The van der Waals surface area contributed by atoms with Crippen molar-refractivity contribution in [1.29, 1.82) is 0 Å². The molecule has 1 aliphatic rings. The zero-order chi connectivity index (χ0) is 19.7. The van der Waals surface area contributed by atoms with Gasteiger partial charge in [-0.1, -0.05) is 47.0 Å². The number of hydrogen-bond donors (Lipinski definition) is 1. The Morgan fingerprint density at radius 2 is 1.86 bits per heavy atom. The number of amidine groups is 1. The topological polar surface area (TPSA) is 54.6 Å². The van der Waals surface area contributed by atoms with E-state index in [0.717, 1.165) is 23.0 Å². The van der Waals surface area contributed by atoms with Crippen LogP contribution in [0.1, 0.15) is 11.3 Å². The molecule has 0 unspecified atom stereocenters. The molecule has 3 aromatic rings. The minimum Gasteiger partial charge on any atom is -0.457 e. The van der Waals surface area contributed by atoms with Gasteiger partial charge in [-0.2, -0.15) is 0 Å². The van der Waals surface area contributed by atoms with Gasteiger partial charge in [-0.25, -0.2) is 4.99 Å². The quantitative estimate of drug-likeness (QED) is 0.484. The molecule has 0 aliphatic carbocycles. The van der Waals surface area contributed by atoms with Gasteiger partial charge < -0.3 is 9.73 Å². The summed E-state index contributed by atoms with van der Waals surface area (Å²) in [5.41, 5.74) is 2.62. The Labute approximate surface area is 176 Å². The van der Waals surface area contributed by atoms with E-state index < -0.39 is 0 Å². The largest absolute Gasteiger partial charge is 0.457 e. The highest BCUT2D eigenvalue weighted by Crippen LogP contribution is 2.35. The highest BCUT2D eigenvalue weighted by molar-refractivity contribution is 8.18. The monoisotopic (exact) mass is 428 g/mol. The van der Waals surface area contributed by atoms with Gasteiger partial charge in [0.15, 0.2) is 0 Å². The van der Waals surface area contributed by atoms with Crippen LogP contribution in [0.15, 0.2) is 68.9 Å². The highest BCUT2D eigenvalue weighted by atomic mass is 35.5. The van der Waals surface area contributed by atoms with Crippen LogP contribution in [0.5, 0.6) is 0 Å². The number of carbonyl (C=O) groups is 1. The van der Waals surface area contributed by atoms with Crippen LogP contribution in [0.3, 0.4) is 0 Å². The first-order valence-corrected chi connectivity index (χ1v) is 9.97. The fourth-order valence-corrected chi connectivity index (χ4v) is 3.77. The summed E-state index contributed by atoms with van der Waals surface area (Å²) >= 11 is 13.4. The second kappa shape index (κ2) is 7.87. The third-order valence-corrected chi connectivity index (χ3v) is 5.69. The normalized spacial score (nSPS) is 16.8. The Morgan fingerprint density at radius 3 is 2.64 bits per heavy atom. The van der Waals surface area contributed by atoms with Gasteiger partial charge in [0, 0.05) is 5.56 Å². The number of carbonyl (C=O) groups excluding carboxylic acids is 1. The Balaban J connectivity index is 1.66. The molecule has 1 fully saturated rings. The van der Waals surface area contributed by atoms with E-state index in [1.165, 1.54) is 0 Å². The standard InChI is InChI=1S/C21H14Cl2N2O2S/c1-12-5-7-13(8-6-12)24-20-18(28-21(26)25-20)11-14-9-10-17(27-14)15-3-2-4-16(22)19(15)23/h2-11H,1H3,(H,24,25,26)/b18-11-. The SMILES string of the molecule is Cc1ccc(N=C2NC(=O)S/C2=C\c2ccc(-c3cccc(Cl)c3Cl)o2)cc1. The smallest absolute Gasteiger partial charge is 0.289 e. The number of nitrogens with one attached hydrogen (secondary N) is 1. The summed E-state index contributed by atoms with van der Waals surface area (Å²) in [7, 11) is 0. The lowest BCUT2D eigenvalue weighted by Gasteiger charge is -2.02. The summed E-state index contributed by atoms with van der Waals surface area (Å²) in [6.07, 6.45) is 1.78. The zero-order valence-electron chi connectivity index (χ0n) is 14.7. The van der Waals surface area contributed by atoms with Gasteiger partial charge in [-0.15, -0.1) is 0 Å². The van der Waals surface area contributed by atoms with Crippen molar-refractivity contribution in [3.63, 3.8) is 0 Å². The van der Waals surface area contributed by atoms with Crippen molar-refractivity contribution >= 4 is 57.8 Å². The third kappa shape index (κ3) is 4.02. The highest BCUT2D eigenvalue weighted by Gasteiger charge is 2.24. The summed E-state index contributed by atoms with van der Waals surface area (Å²) in [6.45, 7) is 2.01. The Morgan fingerprint density at radius 1 is 1.07 bits per heavy atom. The lowest BCUT2D eigenvalue weighted by molar-refractivity contribution is 0.265. The van der Waals surface area contributed by atoms with E-state index in [1.807, 2.05) is 55.5 Å². The number of hydrogen-bond acceptors (Lipinski definition) is 4. The van der Waals surface area contributed by atoms with Gasteiger partial charge in [0.2, 0.25) is 0 Å². The lowest BCUT2D eigenvalue weighted by Crippen LogP contribution is -2.18. The minimum atomic E-state index is -0.179. The number of aryl methyl sites for hydroxylation is 1. The molecule has 0 spiro atoms. The van der Waals surface area contributed by atoms with Crippen molar-refractivity contribution in [2.24, 2.45) is 4.99 Å². The van der Waals surface area contributed by atoms with E-state index in [4.69, 9.17) is 27.6 Å². The molecule has 0 radical (unpaired) electrons. The molecule has 7 heteroatoms. The fraction of sp³-hybridized carbons (Fsp3) is 0.0476. The number of benzene rings is 2. The van der Waals surface area contributed by atoms with Crippen molar-refractivity contribution in [2.75, 3.05) is 0 Å². The van der Waals surface area contributed by atoms with E-state index in [1.54, 1.807) is 12.1 Å². The number of halogens is 2. The molecule has 0 bridgehead atoms. The molecule has 1 amide bonds. The third-order valence-electron chi connectivity index (χ3n) is 4.05. The second-order valence-electron chi connectivity index (χ2n) is 6.12. The molecule has 1 aliphatic heterocycles. The molecule has 0 atom stereocenters. The van der Waals surface area contributed by atoms with Crippen molar-refractivity contribution in [1.82, 2.24) is 5.32 Å². The fourth-order valence-electron chi connectivity index (χ4n) is 2.66. The van der Waals surface area contributed by atoms with Crippen molar-refractivity contribution in [2.45, 2.75) is 6.92 Å². The number of rotatable bonds is 3. The molecule has 2 heterocycles. The van der Waals surface area contributed by atoms with Crippen LogP contribution in [0.25, 0.3) is 17.4 Å². The average Bonchev–Trinajstić information content (AvgIpc) is 3.26. The molecule has 0 saturated carbocycles. The number of aliphatic imine (C=N–C) groups is 1. The number of amides is 1. The molecule has 4 rings (SSSR count). The van der Waals surface area contributed by atoms with E-state index in [0.29, 0.717) is 37.9 Å². The molecule has 1 aromatic heterocycles. The van der Waals surface area contributed by atoms with Crippen molar-refractivity contribution in [3.05, 3.63) is 80.9 Å². The first-order valence-electron chi connectivity index (χ1n) is 8.40. The van der Waals surface area contributed by atoms with Gasteiger partial charge in [0.25, 0.3) is 5.24 Å². The predicted octanol–water partition coefficient (Wildman–Crippen LogP) is 7.09. The minimum absolute atomic E-state index is 0.179. The summed E-state index contributed by atoms with van der Waals surface area (Å²) < 4.78 is 5.89. The van der Waals surface area contributed by atoms with E-state index in [-0.39, 0.29) is 5.24 Å². The summed E-state index contributed by atoms with van der Waals surface area (Å²) in [4.78, 5) is 17.1. The summed E-state index contributed by atoms with van der Waals surface area (Å²) in [5.74, 6) is 1.68. The number of thioether (sulfide) groups is 1. The average molecular weight is 429 g/mol. The van der Waals surface area contributed by atoms with Crippen molar-refractivity contribution in [3.8, 4) is 11.3 Å². The summed E-state index contributed by atoms with van der Waals surface area (Å²) in [5, 5.41) is 3.49. The van der Waals surface area contributed by atoms with Crippen LogP contribution in [0.2, 0.25) is 10.0 Å². The Hall–Kier alpha value is -2.47. The van der Waals surface area contributed by atoms with Crippen LogP contribution in [0.4, 0.5) is 10.5 Å². The van der Waals surface area contributed by atoms with Gasteiger partial charge in [-0.3, -0.25) is 4.79 Å². The van der Waals surface area contributed by atoms with E-state index >= 15 is 0 Å². The van der Waals surface area contributed by atoms with E-state index in [2.05, 4.69) is 10.3 Å². The first kappa shape index (κ1) is 18.9. The molecular formula is C21H14Cl2N2O2S. The van der Waals surface area contributed by atoms with Crippen LogP contribution in [-0.4, -0.2) is 11.1 Å². The van der Waals surface area contributed by atoms with E-state index in [9.17, 15) is 4.79 Å².